The second-order valence-electron chi connectivity index (χ2n) is 5.98. The third-order valence-corrected chi connectivity index (χ3v) is 3.50. The molecular formula is C15H34INO. The fourth-order valence-corrected chi connectivity index (χ4v) is 2.10. The van der Waals surface area contributed by atoms with Gasteiger partial charge in [0.15, 0.2) is 6.73 Å². The maximum Gasteiger partial charge on any atom is 0.179 e. The molecule has 0 aromatic rings. The quantitative estimate of drug-likeness (QED) is 0.234. The average molecular weight is 371 g/mol. The monoisotopic (exact) mass is 371 g/mol. The molecule has 18 heavy (non-hydrogen) atoms. The van der Waals surface area contributed by atoms with Gasteiger partial charge in [0.2, 0.25) is 0 Å². The molecule has 0 saturated carbocycles. The molecule has 0 saturated heterocycles. The molecule has 2 nitrogen and oxygen atoms in total. The number of aliphatic hydroxyl groups excluding tert-OH is 1. The molecule has 0 atom stereocenters. The fraction of sp³-hybridized carbons (Fsp3) is 1.00. The molecule has 0 radical (unpaired) electrons. The zero-order chi connectivity index (χ0) is 13.0. The van der Waals surface area contributed by atoms with Crippen molar-refractivity contribution in [1.29, 1.82) is 0 Å². The number of nitrogens with zero attached hydrogens (tertiary/aromatic N) is 1. The number of rotatable bonds is 12. The van der Waals surface area contributed by atoms with E-state index in [1.165, 1.54) is 64.2 Å². The van der Waals surface area contributed by atoms with Crippen LogP contribution < -0.4 is 24.0 Å². The van der Waals surface area contributed by atoms with E-state index < -0.39 is 0 Å². The minimum absolute atomic E-state index is 0. The predicted molar refractivity (Wildman–Crippen MR) is 75.9 cm³/mol. The van der Waals surface area contributed by atoms with Crippen LogP contribution in [0.3, 0.4) is 0 Å². The highest BCUT2D eigenvalue weighted by Crippen LogP contribution is 2.11. The molecule has 0 aliphatic rings. The molecule has 0 heterocycles. The van der Waals surface area contributed by atoms with Crippen molar-refractivity contribution in [3.63, 3.8) is 0 Å². The van der Waals surface area contributed by atoms with E-state index in [0.29, 0.717) is 0 Å². The smallest absolute Gasteiger partial charge is 0.179 e. The molecule has 0 rings (SSSR count). The van der Waals surface area contributed by atoms with E-state index in [1.807, 2.05) is 0 Å². The van der Waals surface area contributed by atoms with E-state index >= 15 is 0 Å². The minimum Gasteiger partial charge on any atom is -1.00 e. The predicted octanol–water partition coefficient (Wildman–Crippen LogP) is 0.938. The lowest BCUT2D eigenvalue weighted by Crippen LogP contribution is -3.00. The van der Waals surface area contributed by atoms with E-state index in [4.69, 9.17) is 5.11 Å². The van der Waals surface area contributed by atoms with Crippen molar-refractivity contribution in [3.8, 4) is 0 Å². The summed E-state index contributed by atoms with van der Waals surface area (Å²) in [6, 6.07) is 0. The van der Waals surface area contributed by atoms with Gasteiger partial charge in [-0.25, -0.2) is 0 Å². The van der Waals surface area contributed by atoms with Crippen molar-refractivity contribution in [3.05, 3.63) is 0 Å². The molecule has 0 spiro atoms. The molecule has 0 aromatic heterocycles. The van der Waals surface area contributed by atoms with Crippen molar-refractivity contribution in [2.24, 2.45) is 0 Å². The third kappa shape index (κ3) is 14.7. The molecule has 0 unspecified atom stereocenters. The number of quaternary nitrogens is 1. The first-order chi connectivity index (χ1) is 8.12. The molecule has 0 aliphatic heterocycles. The fourth-order valence-electron chi connectivity index (χ4n) is 2.10. The summed E-state index contributed by atoms with van der Waals surface area (Å²) in [4.78, 5) is 0. The Labute approximate surface area is 132 Å². The van der Waals surface area contributed by atoms with Crippen molar-refractivity contribution in [2.75, 3.05) is 27.4 Å². The average Bonchev–Trinajstić information content (AvgIpc) is 2.31. The summed E-state index contributed by atoms with van der Waals surface area (Å²) >= 11 is 0. The van der Waals surface area contributed by atoms with Crippen LogP contribution in [0.4, 0.5) is 0 Å². The van der Waals surface area contributed by atoms with E-state index in [1.54, 1.807) is 0 Å². The Morgan fingerprint density at radius 2 is 1.11 bits per heavy atom. The van der Waals surface area contributed by atoms with Gasteiger partial charge in [-0.3, -0.25) is 0 Å². The van der Waals surface area contributed by atoms with Gasteiger partial charge in [0.05, 0.1) is 20.6 Å². The van der Waals surface area contributed by atoms with Crippen LogP contribution >= 0.6 is 0 Å². The number of hydrogen-bond acceptors (Lipinski definition) is 1. The highest BCUT2D eigenvalue weighted by molar-refractivity contribution is 4.47. The van der Waals surface area contributed by atoms with E-state index in [2.05, 4.69) is 21.0 Å². The summed E-state index contributed by atoms with van der Waals surface area (Å²) in [6.07, 6.45) is 13.8. The molecule has 0 bridgehead atoms. The van der Waals surface area contributed by atoms with Crippen LogP contribution in [0.15, 0.2) is 0 Å². The van der Waals surface area contributed by atoms with Crippen LogP contribution in [-0.2, 0) is 0 Å². The highest BCUT2D eigenvalue weighted by Gasteiger charge is 2.11. The van der Waals surface area contributed by atoms with Crippen LogP contribution in [0.25, 0.3) is 0 Å². The molecule has 0 fully saturated rings. The maximum absolute atomic E-state index is 9.11. The molecule has 0 amide bonds. The number of unbranched alkanes of at least 4 members (excludes halogenated alkanes) is 9. The largest absolute Gasteiger partial charge is 1.00 e. The van der Waals surface area contributed by atoms with Crippen molar-refractivity contribution < 1.29 is 33.6 Å². The summed E-state index contributed by atoms with van der Waals surface area (Å²) < 4.78 is 0.747. The standard InChI is InChI=1S/C15H34NO.HI/c1-4-5-6-7-8-9-10-11-12-13-14-16(2,3)15-17;/h17H,4-15H2,1-3H3;1H/q+1;/p-1. The summed E-state index contributed by atoms with van der Waals surface area (Å²) in [6.45, 7) is 3.64. The lowest BCUT2D eigenvalue weighted by atomic mass is 10.1. The normalized spacial score (nSPS) is 11.3. The first-order valence-electron chi connectivity index (χ1n) is 7.55. The van der Waals surface area contributed by atoms with Gasteiger partial charge in [-0.1, -0.05) is 58.3 Å². The number of halogens is 1. The van der Waals surface area contributed by atoms with E-state index in [-0.39, 0.29) is 30.7 Å². The van der Waals surface area contributed by atoms with Gasteiger partial charge in [0.25, 0.3) is 0 Å². The first-order valence-corrected chi connectivity index (χ1v) is 7.55. The summed E-state index contributed by atoms with van der Waals surface area (Å²) in [5.41, 5.74) is 0. The van der Waals surface area contributed by atoms with Gasteiger partial charge < -0.3 is 33.6 Å². The highest BCUT2D eigenvalue weighted by atomic mass is 127. The Morgan fingerprint density at radius 3 is 1.50 bits per heavy atom. The van der Waals surface area contributed by atoms with Crippen molar-refractivity contribution in [1.82, 2.24) is 0 Å². The van der Waals surface area contributed by atoms with Gasteiger partial charge in [-0.15, -0.1) is 0 Å². The number of hydrogen-bond donors (Lipinski definition) is 1. The van der Waals surface area contributed by atoms with Crippen LogP contribution in [0.5, 0.6) is 0 Å². The maximum atomic E-state index is 9.11. The zero-order valence-corrected chi connectivity index (χ0v) is 14.9. The molecule has 0 aliphatic carbocycles. The van der Waals surface area contributed by atoms with Gasteiger partial charge in [0, 0.05) is 0 Å². The topological polar surface area (TPSA) is 20.2 Å². The lowest BCUT2D eigenvalue weighted by molar-refractivity contribution is -0.909. The van der Waals surface area contributed by atoms with Crippen LogP contribution in [0, 0.1) is 0 Å². The summed E-state index contributed by atoms with van der Waals surface area (Å²) in [5.74, 6) is 0. The first kappa shape index (κ1) is 21.0. The zero-order valence-electron chi connectivity index (χ0n) is 12.8. The summed E-state index contributed by atoms with van der Waals surface area (Å²) in [7, 11) is 4.18. The van der Waals surface area contributed by atoms with Crippen LogP contribution in [-0.4, -0.2) is 37.0 Å². The second kappa shape index (κ2) is 14.1. The lowest BCUT2D eigenvalue weighted by Gasteiger charge is -2.26. The van der Waals surface area contributed by atoms with Gasteiger partial charge in [-0.2, -0.15) is 0 Å². The van der Waals surface area contributed by atoms with E-state index in [0.717, 1.165) is 11.0 Å². The van der Waals surface area contributed by atoms with Crippen molar-refractivity contribution >= 4 is 0 Å². The SMILES string of the molecule is CCCCCCCCCCCC[N+](C)(C)CO.[I-]. The molecule has 0 aromatic carbocycles. The Hall–Kier alpha value is 0.650. The van der Waals surface area contributed by atoms with E-state index in [9.17, 15) is 0 Å². The summed E-state index contributed by atoms with van der Waals surface area (Å²) in [5, 5.41) is 9.11. The van der Waals surface area contributed by atoms with Crippen molar-refractivity contribution in [2.45, 2.75) is 71.1 Å². The second-order valence-corrected chi connectivity index (χ2v) is 5.98. The molecule has 112 valence electrons. The Bertz CT molecular complexity index is 163. The van der Waals surface area contributed by atoms with Gasteiger partial charge >= 0.3 is 0 Å². The Balaban J connectivity index is 0. The van der Waals surface area contributed by atoms with Gasteiger partial charge in [-0.05, 0) is 12.8 Å². The minimum atomic E-state index is 0. The molecule has 3 heteroatoms. The third-order valence-electron chi connectivity index (χ3n) is 3.50. The van der Waals surface area contributed by atoms with Crippen LogP contribution in [0.1, 0.15) is 71.1 Å². The Morgan fingerprint density at radius 1 is 0.722 bits per heavy atom. The molecule has 1 N–H and O–H groups in total. The van der Waals surface area contributed by atoms with Crippen LogP contribution in [0.2, 0.25) is 0 Å². The Kier molecular flexibility index (Phi) is 16.4. The molecular weight excluding hydrogens is 337 g/mol. The number of aliphatic hydroxyl groups is 1. The van der Waals surface area contributed by atoms with Gasteiger partial charge in [0.1, 0.15) is 0 Å².